The number of hydrogen-bond donors (Lipinski definition) is 1. The molecule has 0 unspecified atom stereocenters. The van der Waals surface area contributed by atoms with E-state index in [1.54, 1.807) is 0 Å². The van der Waals surface area contributed by atoms with Crippen molar-refractivity contribution in [2.75, 3.05) is 5.32 Å². The zero-order valence-electron chi connectivity index (χ0n) is 12.6. The van der Waals surface area contributed by atoms with Gasteiger partial charge in [0.1, 0.15) is 0 Å². The highest BCUT2D eigenvalue weighted by Crippen LogP contribution is 2.26. The summed E-state index contributed by atoms with van der Waals surface area (Å²) in [5, 5.41) is 3.78. The third-order valence-corrected chi connectivity index (χ3v) is 3.99. The summed E-state index contributed by atoms with van der Waals surface area (Å²) in [6.07, 6.45) is 0. The van der Waals surface area contributed by atoms with Gasteiger partial charge in [0.2, 0.25) is 0 Å². The van der Waals surface area contributed by atoms with Crippen molar-refractivity contribution in [2.24, 2.45) is 0 Å². The first kappa shape index (κ1) is 15.8. The van der Waals surface area contributed by atoms with E-state index in [1.807, 2.05) is 48.5 Å². The van der Waals surface area contributed by atoms with Gasteiger partial charge in [-0.25, -0.2) is 0 Å². The van der Waals surface area contributed by atoms with Gasteiger partial charge in [-0.1, -0.05) is 67.0 Å². The zero-order chi connectivity index (χ0) is 15.5. The Morgan fingerprint density at radius 2 is 1.67 bits per heavy atom. The summed E-state index contributed by atoms with van der Waals surface area (Å²) < 4.78 is 0. The minimum absolute atomic E-state index is 0.0618. The van der Waals surface area contributed by atoms with Crippen molar-refractivity contribution < 1.29 is 4.79 Å². The average Bonchev–Trinajstić information content (AvgIpc) is 2.47. The third-order valence-electron chi connectivity index (χ3n) is 3.35. The van der Waals surface area contributed by atoms with E-state index in [9.17, 15) is 4.79 Å². The quantitative estimate of drug-likeness (QED) is 0.767. The van der Waals surface area contributed by atoms with Gasteiger partial charge >= 0.3 is 0 Å². The number of alkyl halides is 1. The van der Waals surface area contributed by atoms with Crippen molar-refractivity contribution >= 4 is 27.5 Å². The molecule has 3 heteroatoms. The lowest BCUT2D eigenvalue weighted by molar-refractivity contribution is 0.102. The Labute approximate surface area is 134 Å². The molecule has 21 heavy (non-hydrogen) atoms. The molecule has 0 fully saturated rings. The molecule has 0 spiro atoms. The van der Waals surface area contributed by atoms with Gasteiger partial charge < -0.3 is 5.32 Å². The van der Waals surface area contributed by atoms with Gasteiger partial charge in [0.25, 0.3) is 5.91 Å². The van der Waals surface area contributed by atoms with Crippen molar-refractivity contribution in [3.05, 3.63) is 65.2 Å². The second-order valence-electron chi connectivity index (χ2n) is 6.08. The lowest BCUT2D eigenvalue weighted by Crippen LogP contribution is -2.20. The first-order valence-corrected chi connectivity index (χ1v) is 8.10. The summed E-state index contributed by atoms with van der Waals surface area (Å²) >= 11 is 3.41. The lowest BCUT2D eigenvalue weighted by atomic mass is 9.83. The van der Waals surface area contributed by atoms with Gasteiger partial charge in [0.05, 0.1) is 0 Å². The fourth-order valence-electron chi connectivity index (χ4n) is 2.21. The van der Waals surface area contributed by atoms with E-state index in [1.165, 1.54) is 5.56 Å². The molecule has 2 rings (SSSR count). The Balaban J connectivity index is 2.24. The average molecular weight is 346 g/mol. The van der Waals surface area contributed by atoms with E-state index in [2.05, 4.69) is 42.0 Å². The normalized spacial score (nSPS) is 11.2. The number of hydrogen-bond acceptors (Lipinski definition) is 1. The maximum absolute atomic E-state index is 12.5. The van der Waals surface area contributed by atoms with E-state index >= 15 is 0 Å². The first-order chi connectivity index (χ1) is 9.91. The Morgan fingerprint density at radius 3 is 2.24 bits per heavy atom. The van der Waals surface area contributed by atoms with Crippen LogP contribution in [0.2, 0.25) is 0 Å². The number of carbonyl (C=O) groups is 1. The van der Waals surface area contributed by atoms with Crippen molar-refractivity contribution in [3.63, 3.8) is 0 Å². The van der Waals surface area contributed by atoms with Crippen LogP contribution in [0.15, 0.2) is 48.5 Å². The minimum Gasteiger partial charge on any atom is -0.322 e. The molecule has 0 saturated carbocycles. The largest absolute Gasteiger partial charge is 0.322 e. The number of amides is 1. The van der Waals surface area contributed by atoms with Crippen molar-refractivity contribution in [2.45, 2.75) is 31.5 Å². The number of nitrogens with one attached hydrogen (secondary N) is 1. The second-order valence-corrected chi connectivity index (χ2v) is 6.64. The van der Waals surface area contributed by atoms with Gasteiger partial charge in [0, 0.05) is 16.6 Å². The third kappa shape index (κ3) is 3.94. The monoisotopic (exact) mass is 345 g/mol. The SMILES string of the molecule is CC(C)(C)c1ccccc1C(=O)Nc1ccc(CBr)cc1. The number of halogens is 1. The Morgan fingerprint density at radius 1 is 1.05 bits per heavy atom. The molecule has 2 aromatic carbocycles. The van der Waals surface area contributed by atoms with Gasteiger partial charge in [0.15, 0.2) is 0 Å². The predicted molar refractivity (Wildman–Crippen MR) is 92.2 cm³/mol. The highest BCUT2D eigenvalue weighted by molar-refractivity contribution is 9.08. The van der Waals surface area contributed by atoms with Crippen LogP contribution in [0.1, 0.15) is 42.3 Å². The topological polar surface area (TPSA) is 29.1 Å². The number of benzene rings is 2. The Kier molecular flexibility index (Phi) is 4.84. The van der Waals surface area contributed by atoms with E-state index < -0.39 is 0 Å². The van der Waals surface area contributed by atoms with Crippen molar-refractivity contribution in [1.82, 2.24) is 0 Å². The standard InChI is InChI=1S/C18H20BrNO/c1-18(2,3)16-7-5-4-6-15(16)17(21)20-14-10-8-13(12-19)9-11-14/h4-11H,12H2,1-3H3,(H,20,21). The molecule has 0 aromatic heterocycles. The molecule has 0 atom stereocenters. The van der Waals surface area contributed by atoms with Crippen LogP contribution in [0.4, 0.5) is 5.69 Å². The maximum Gasteiger partial charge on any atom is 0.255 e. The molecule has 2 nitrogen and oxygen atoms in total. The molecular weight excluding hydrogens is 326 g/mol. The van der Waals surface area contributed by atoms with Gasteiger partial charge in [-0.2, -0.15) is 0 Å². The van der Waals surface area contributed by atoms with Crippen LogP contribution in [0, 0.1) is 0 Å². The van der Waals surface area contributed by atoms with Crippen LogP contribution < -0.4 is 5.32 Å². The van der Waals surface area contributed by atoms with Crippen LogP contribution in [0.3, 0.4) is 0 Å². The lowest BCUT2D eigenvalue weighted by Gasteiger charge is -2.22. The molecule has 2 aromatic rings. The number of anilines is 1. The Hall–Kier alpha value is -1.61. The molecule has 1 amide bonds. The van der Waals surface area contributed by atoms with Gasteiger partial charge in [-0.15, -0.1) is 0 Å². The summed E-state index contributed by atoms with van der Waals surface area (Å²) in [6, 6.07) is 15.6. The molecule has 110 valence electrons. The first-order valence-electron chi connectivity index (χ1n) is 6.97. The van der Waals surface area contributed by atoms with Crippen molar-refractivity contribution in [3.8, 4) is 0 Å². The summed E-state index contributed by atoms with van der Waals surface area (Å²) in [4.78, 5) is 12.5. The van der Waals surface area contributed by atoms with E-state index in [4.69, 9.17) is 0 Å². The van der Waals surface area contributed by atoms with Crippen LogP contribution in [0.5, 0.6) is 0 Å². The number of carbonyl (C=O) groups excluding carboxylic acids is 1. The van der Waals surface area contributed by atoms with Crippen LogP contribution in [0.25, 0.3) is 0 Å². The summed E-state index contributed by atoms with van der Waals surface area (Å²) in [5.41, 5.74) is 3.72. The molecule has 0 bridgehead atoms. The van der Waals surface area contributed by atoms with E-state index in [-0.39, 0.29) is 11.3 Å². The molecule has 0 saturated heterocycles. The van der Waals surface area contributed by atoms with Crippen molar-refractivity contribution in [1.29, 1.82) is 0 Å². The summed E-state index contributed by atoms with van der Waals surface area (Å²) in [6.45, 7) is 6.34. The fraction of sp³-hybridized carbons (Fsp3) is 0.278. The highest BCUT2D eigenvalue weighted by Gasteiger charge is 2.21. The van der Waals surface area contributed by atoms with E-state index in [0.29, 0.717) is 0 Å². The maximum atomic E-state index is 12.5. The summed E-state index contributed by atoms with van der Waals surface area (Å²) in [7, 11) is 0. The Bertz CT molecular complexity index is 626. The molecule has 1 N–H and O–H groups in total. The smallest absolute Gasteiger partial charge is 0.255 e. The number of rotatable bonds is 3. The second kappa shape index (κ2) is 6.44. The summed E-state index contributed by atoms with van der Waals surface area (Å²) in [5.74, 6) is -0.0629. The molecule has 0 aliphatic carbocycles. The van der Waals surface area contributed by atoms with Gasteiger partial charge in [-0.3, -0.25) is 4.79 Å². The van der Waals surface area contributed by atoms with Crippen LogP contribution >= 0.6 is 15.9 Å². The molecule has 0 aliphatic rings. The minimum atomic E-state index is -0.0629. The molecule has 0 aliphatic heterocycles. The van der Waals surface area contributed by atoms with Crippen LogP contribution in [-0.2, 0) is 10.7 Å². The molecule has 0 radical (unpaired) electrons. The van der Waals surface area contributed by atoms with E-state index in [0.717, 1.165) is 22.1 Å². The molecule has 0 heterocycles. The predicted octanol–water partition coefficient (Wildman–Crippen LogP) is 5.13. The van der Waals surface area contributed by atoms with Gasteiger partial charge in [-0.05, 0) is 34.7 Å². The zero-order valence-corrected chi connectivity index (χ0v) is 14.2. The highest BCUT2D eigenvalue weighted by atomic mass is 79.9. The fourth-order valence-corrected chi connectivity index (χ4v) is 2.58. The molecular formula is C18H20BrNO. The van der Waals surface area contributed by atoms with Crippen LogP contribution in [-0.4, -0.2) is 5.91 Å².